The van der Waals surface area contributed by atoms with Crippen molar-refractivity contribution in [2.75, 3.05) is 5.32 Å². The molecular weight excluding hydrogens is 204 g/mol. The monoisotopic (exact) mass is 213 g/mol. The van der Waals surface area contributed by atoms with E-state index in [1.54, 1.807) is 0 Å². The summed E-state index contributed by atoms with van der Waals surface area (Å²) < 4.78 is 26.5. The Balaban J connectivity index is 2.41. The Hall–Kier alpha value is -1.65. The summed E-state index contributed by atoms with van der Waals surface area (Å²) in [5.41, 5.74) is 0.209. The molecule has 5 heteroatoms. The van der Waals surface area contributed by atoms with E-state index in [-0.39, 0.29) is 24.1 Å². The molecule has 1 aliphatic heterocycles. The zero-order chi connectivity index (χ0) is 11.0. The highest BCUT2D eigenvalue weighted by Gasteiger charge is 2.27. The summed E-state index contributed by atoms with van der Waals surface area (Å²) in [6, 6.07) is 1.20. The summed E-state index contributed by atoms with van der Waals surface area (Å²) in [7, 11) is 0. The van der Waals surface area contributed by atoms with Gasteiger partial charge in [-0.15, -0.1) is 0 Å². The predicted molar refractivity (Wildman–Crippen MR) is 49.7 cm³/mol. The molecule has 0 spiro atoms. The van der Waals surface area contributed by atoms with Crippen LogP contribution in [0.4, 0.5) is 14.5 Å². The van der Waals surface area contributed by atoms with E-state index in [9.17, 15) is 13.6 Å². The Morgan fingerprint density at radius 1 is 1.40 bits per heavy atom. The Labute approximate surface area is 84.7 Å². The molecule has 0 amide bonds. The highest BCUT2D eigenvalue weighted by Crippen LogP contribution is 2.29. The number of halogens is 2. The minimum Gasteiger partial charge on any atom is -0.480 e. The first-order chi connectivity index (χ1) is 7.09. The van der Waals surface area contributed by atoms with Crippen LogP contribution in [0.15, 0.2) is 12.1 Å². The first-order valence-electron chi connectivity index (χ1n) is 4.56. The van der Waals surface area contributed by atoms with Gasteiger partial charge in [0, 0.05) is 5.56 Å². The van der Waals surface area contributed by atoms with E-state index in [1.165, 1.54) is 0 Å². The van der Waals surface area contributed by atoms with E-state index in [1.807, 2.05) is 0 Å². The fraction of sp³-hybridized carbons (Fsp3) is 0.300. The zero-order valence-corrected chi connectivity index (χ0v) is 7.76. The third-order valence-electron chi connectivity index (χ3n) is 2.50. The van der Waals surface area contributed by atoms with Crippen LogP contribution in [0.2, 0.25) is 0 Å². The molecule has 0 aliphatic carbocycles. The molecule has 1 aromatic carbocycles. The highest BCUT2D eigenvalue weighted by atomic mass is 19.1. The van der Waals surface area contributed by atoms with Gasteiger partial charge >= 0.3 is 5.97 Å². The number of aliphatic carboxylic acids is 1. The van der Waals surface area contributed by atoms with Crippen LogP contribution in [0.5, 0.6) is 0 Å². The molecule has 0 aromatic heterocycles. The molecule has 15 heavy (non-hydrogen) atoms. The van der Waals surface area contributed by atoms with Crippen LogP contribution in [0.3, 0.4) is 0 Å². The molecule has 1 aromatic rings. The second kappa shape index (κ2) is 3.49. The van der Waals surface area contributed by atoms with E-state index in [0.717, 1.165) is 12.1 Å². The van der Waals surface area contributed by atoms with Gasteiger partial charge in [-0.1, -0.05) is 0 Å². The first-order valence-corrected chi connectivity index (χ1v) is 4.56. The second-order valence-corrected chi connectivity index (χ2v) is 3.46. The van der Waals surface area contributed by atoms with Gasteiger partial charge < -0.3 is 10.4 Å². The molecule has 1 atom stereocenters. The summed E-state index contributed by atoms with van der Waals surface area (Å²) in [6.07, 6.45) is 0.506. The fourth-order valence-corrected chi connectivity index (χ4v) is 1.71. The Morgan fingerprint density at radius 2 is 2.07 bits per heavy atom. The molecule has 1 heterocycles. The SMILES string of the molecule is O=C(O)C1CCc2c(F)ccc(F)c2N1. The van der Waals surface area contributed by atoms with Crippen LogP contribution in [-0.4, -0.2) is 17.1 Å². The third kappa shape index (κ3) is 1.65. The first kappa shape index (κ1) is 9.89. The molecule has 3 nitrogen and oxygen atoms in total. The van der Waals surface area contributed by atoms with Gasteiger partial charge in [-0.25, -0.2) is 13.6 Å². The van der Waals surface area contributed by atoms with Crippen LogP contribution in [0.1, 0.15) is 12.0 Å². The molecule has 80 valence electrons. The topological polar surface area (TPSA) is 49.3 Å². The number of carboxylic acids is 1. The molecular formula is C10H9F2NO2. The van der Waals surface area contributed by atoms with Gasteiger partial charge in [-0.2, -0.15) is 0 Å². The van der Waals surface area contributed by atoms with Crippen molar-refractivity contribution >= 4 is 11.7 Å². The maximum Gasteiger partial charge on any atom is 0.326 e. The number of hydrogen-bond acceptors (Lipinski definition) is 2. The van der Waals surface area contributed by atoms with Gasteiger partial charge in [0.05, 0.1) is 5.69 Å². The fourth-order valence-electron chi connectivity index (χ4n) is 1.71. The molecule has 2 N–H and O–H groups in total. The summed E-state index contributed by atoms with van der Waals surface area (Å²) in [4.78, 5) is 10.7. The zero-order valence-electron chi connectivity index (χ0n) is 7.76. The molecule has 0 fully saturated rings. The maximum atomic E-state index is 13.3. The molecule has 2 rings (SSSR count). The number of rotatable bonds is 1. The number of hydrogen-bond donors (Lipinski definition) is 2. The van der Waals surface area contributed by atoms with Crippen LogP contribution in [-0.2, 0) is 11.2 Å². The van der Waals surface area contributed by atoms with Gasteiger partial charge in [-0.05, 0) is 25.0 Å². The van der Waals surface area contributed by atoms with Gasteiger partial charge in [0.1, 0.15) is 17.7 Å². The van der Waals surface area contributed by atoms with E-state index < -0.39 is 23.6 Å². The lowest BCUT2D eigenvalue weighted by molar-refractivity contribution is -0.138. The van der Waals surface area contributed by atoms with Crippen molar-refractivity contribution in [2.45, 2.75) is 18.9 Å². The molecule has 0 bridgehead atoms. The standard InChI is InChI=1S/C10H9F2NO2/c11-6-2-3-7(12)9-5(6)1-4-8(13-9)10(14)15/h2-3,8,13H,1,4H2,(H,14,15). The number of nitrogens with one attached hydrogen (secondary N) is 1. The maximum absolute atomic E-state index is 13.3. The third-order valence-corrected chi connectivity index (χ3v) is 2.50. The number of benzene rings is 1. The lowest BCUT2D eigenvalue weighted by Crippen LogP contribution is -2.34. The normalized spacial score (nSPS) is 19.2. The Kier molecular flexibility index (Phi) is 2.30. The quantitative estimate of drug-likeness (QED) is 0.747. The van der Waals surface area contributed by atoms with Crippen molar-refractivity contribution in [2.24, 2.45) is 0 Å². The van der Waals surface area contributed by atoms with Crippen molar-refractivity contribution in [1.82, 2.24) is 0 Å². The minimum atomic E-state index is -1.05. The van der Waals surface area contributed by atoms with Crippen molar-refractivity contribution < 1.29 is 18.7 Å². The number of fused-ring (bicyclic) bond motifs is 1. The average molecular weight is 213 g/mol. The summed E-state index contributed by atoms with van der Waals surface area (Å²) in [6.45, 7) is 0. The average Bonchev–Trinajstić information content (AvgIpc) is 2.23. The van der Waals surface area contributed by atoms with E-state index >= 15 is 0 Å². The van der Waals surface area contributed by atoms with Crippen molar-refractivity contribution in [3.63, 3.8) is 0 Å². The Morgan fingerprint density at radius 3 is 2.73 bits per heavy atom. The van der Waals surface area contributed by atoms with E-state index in [4.69, 9.17) is 5.11 Å². The molecule has 1 unspecified atom stereocenters. The van der Waals surface area contributed by atoms with Crippen LogP contribution >= 0.6 is 0 Å². The molecule has 0 saturated carbocycles. The van der Waals surface area contributed by atoms with Gasteiger partial charge in [0.25, 0.3) is 0 Å². The van der Waals surface area contributed by atoms with Crippen LogP contribution < -0.4 is 5.32 Å². The molecule has 0 radical (unpaired) electrons. The number of anilines is 1. The van der Waals surface area contributed by atoms with E-state index in [2.05, 4.69) is 5.32 Å². The molecule has 1 aliphatic rings. The minimum absolute atomic E-state index is 0.0198. The van der Waals surface area contributed by atoms with Gasteiger partial charge in [0.15, 0.2) is 0 Å². The molecule has 0 saturated heterocycles. The smallest absolute Gasteiger partial charge is 0.326 e. The van der Waals surface area contributed by atoms with Crippen molar-refractivity contribution in [3.8, 4) is 0 Å². The lowest BCUT2D eigenvalue weighted by Gasteiger charge is -2.24. The van der Waals surface area contributed by atoms with Crippen LogP contribution in [0.25, 0.3) is 0 Å². The van der Waals surface area contributed by atoms with Crippen molar-refractivity contribution in [1.29, 1.82) is 0 Å². The van der Waals surface area contributed by atoms with Crippen molar-refractivity contribution in [3.05, 3.63) is 29.3 Å². The highest BCUT2D eigenvalue weighted by molar-refractivity contribution is 5.79. The number of carbonyl (C=O) groups is 1. The van der Waals surface area contributed by atoms with E-state index in [0.29, 0.717) is 0 Å². The van der Waals surface area contributed by atoms with Crippen LogP contribution in [0, 0.1) is 11.6 Å². The second-order valence-electron chi connectivity index (χ2n) is 3.46. The van der Waals surface area contributed by atoms with Gasteiger partial charge in [-0.3, -0.25) is 0 Å². The summed E-state index contributed by atoms with van der Waals surface area (Å²) >= 11 is 0. The Bertz CT molecular complexity index is 420. The largest absolute Gasteiger partial charge is 0.480 e. The summed E-state index contributed by atoms with van der Waals surface area (Å²) in [5.74, 6) is -2.16. The predicted octanol–water partition coefficient (Wildman–Crippen LogP) is 1.78. The lowest BCUT2D eigenvalue weighted by atomic mass is 9.97. The number of carboxylic acid groups (broad SMARTS) is 1. The van der Waals surface area contributed by atoms with Gasteiger partial charge in [0.2, 0.25) is 0 Å². The summed E-state index contributed by atoms with van der Waals surface area (Å²) in [5, 5.41) is 11.2.